The molecule has 2 fully saturated rings. The molecule has 2 saturated heterocycles. The molecule has 126 valence electrons. The molecule has 1 atom stereocenters. The van der Waals surface area contributed by atoms with Gasteiger partial charge in [-0.25, -0.2) is 8.42 Å². The van der Waals surface area contributed by atoms with Crippen LogP contribution < -0.4 is 14.9 Å². The smallest absolute Gasteiger partial charge is 0.251 e. The zero-order valence-corrected chi connectivity index (χ0v) is 14.2. The van der Waals surface area contributed by atoms with Crippen LogP contribution in [0.3, 0.4) is 0 Å². The molecule has 3 rings (SSSR count). The molecule has 2 aliphatic rings. The minimum absolute atomic E-state index is 0.0907. The largest absolute Gasteiger partial charge is 0.348 e. The summed E-state index contributed by atoms with van der Waals surface area (Å²) in [5.41, 5.74) is 2.05. The molecule has 0 saturated carbocycles. The average molecular weight is 337 g/mol. The number of carbonyl (C=O) groups excluding carboxylic acids is 1. The minimum atomic E-state index is -3.19. The van der Waals surface area contributed by atoms with E-state index in [1.54, 1.807) is 18.2 Å². The van der Waals surface area contributed by atoms with Crippen LogP contribution in [0.5, 0.6) is 0 Å². The van der Waals surface area contributed by atoms with Crippen LogP contribution in [0.4, 0.5) is 5.69 Å². The van der Waals surface area contributed by atoms with Crippen LogP contribution >= 0.6 is 0 Å². The summed E-state index contributed by atoms with van der Waals surface area (Å²) < 4.78 is 25.4. The summed E-state index contributed by atoms with van der Waals surface area (Å²) in [4.78, 5) is 12.4. The van der Waals surface area contributed by atoms with E-state index < -0.39 is 10.0 Å². The molecular formula is C16H23N3O3S. The zero-order valence-electron chi connectivity index (χ0n) is 13.3. The first kappa shape index (κ1) is 16.3. The molecule has 1 amide bonds. The minimum Gasteiger partial charge on any atom is -0.348 e. The Bertz CT molecular complexity index is 697. The predicted molar refractivity (Wildman–Crippen MR) is 90.3 cm³/mol. The Morgan fingerprint density at radius 2 is 2.17 bits per heavy atom. The van der Waals surface area contributed by atoms with E-state index in [0.717, 1.165) is 31.5 Å². The van der Waals surface area contributed by atoms with Crippen LogP contribution in [-0.4, -0.2) is 45.8 Å². The SMILES string of the molecule is Cc1cc(N2CCCS2(=O)=O)ccc1C(=O)NC1CCCNC1. The molecule has 23 heavy (non-hydrogen) atoms. The molecule has 1 aromatic carbocycles. The van der Waals surface area contributed by atoms with Crippen LogP contribution in [0.2, 0.25) is 0 Å². The monoisotopic (exact) mass is 337 g/mol. The van der Waals surface area contributed by atoms with Crippen molar-refractivity contribution in [3.8, 4) is 0 Å². The molecule has 0 aliphatic carbocycles. The number of nitrogens with zero attached hydrogens (tertiary/aromatic N) is 1. The Labute approximate surface area is 137 Å². The van der Waals surface area contributed by atoms with Gasteiger partial charge in [-0.05, 0) is 56.5 Å². The average Bonchev–Trinajstić information content (AvgIpc) is 2.87. The second-order valence-corrected chi connectivity index (χ2v) is 8.27. The summed E-state index contributed by atoms with van der Waals surface area (Å²) >= 11 is 0. The predicted octanol–water partition coefficient (Wildman–Crippen LogP) is 1.02. The van der Waals surface area contributed by atoms with Crippen LogP contribution in [0.15, 0.2) is 18.2 Å². The Morgan fingerprint density at radius 1 is 1.35 bits per heavy atom. The van der Waals surface area contributed by atoms with Gasteiger partial charge in [-0.2, -0.15) is 0 Å². The fraction of sp³-hybridized carbons (Fsp3) is 0.562. The van der Waals surface area contributed by atoms with Crippen molar-refractivity contribution in [1.29, 1.82) is 0 Å². The maximum Gasteiger partial charge on any atom is 0.251 e. The van der Waals surface area contributed by atoms with Gasteiger partial charge in [0.15, 0.2) is 0 Å². The lowest BCUT2D eigenvalue weighted by molar-refractivity contribution is 0.0930. The number of carbonyl (C=O) groups is 1. The molecule has 0 bridgehead atoms. The number of anilines is 1. The van der Waals surface area contributed by atoms with Gasteiger partial charge < -0.3 is 10.6 Å². The topological polar surface area (TPSA) is 78.5 Å². The van der Waals surface area contributed by atoms with Gasteiger partial charge in [0, 0.05) is 24.7 Å². The molecule has 0 spiro atoms. The van der Waals surface area contributed by atoms with Crippen LogP contribution in [-0.2, 0) is 10.0 Å². The number of hydrogen-bond donors (Lipinski definition) is 2. The molecule has 1 aromatic rings. The summed E-state index contributed by atoms with van der Waals surface area (Å²) in [6, 6.07) is 5.40. The molecule has 6 nitrogen and oxygen atoms in total. The molecular weight excluding hydrogens is 314 g/mol. The number of piperidine rings is 1. The van der Waals surface area contributed by atoms with Crippen LogP contribution in [0, 0.1) is 6.92 Å². The highest BCUT2D eigenvalue weighted by molar-refractivity contribution is 7.93. The van der Waals surface area contributed by atoms with Gasteiger partial charge in [-0.15, -0.1) is 0 Å². The first-order valence-electron chi connectivity index (χ1n) is 8.10. The van der Waals surface area contributed by atoms with Gasteiger partial charge in [0.2, 0.25) is 10.0 Å². The van der Waals surface area contributed by atoms with E-state index in [-0.39, 0.29) is 17.7 Å². The first-order valence-corrected chi connectivity index (χ1v) is 9.71. The lowest BCUT2D eigenvalue weighted by Crippen LogP contribution is -2.45. The lowest BCUT2D eigenvalue weighted by Gasteiger charge is -2.24. The molecule has 2 heterocycles. The lowest BCUT2D eigenvalue weighted by atomic mass is 10.0. The van der Waals surface area contributed by atoms with Crippen molar-refractivity contribution in [1.82, 2.24) is 10.6 Å². The summed E-state index contributed by atoms with van der Waals surface area (Å²) in [5, 5.41) is 6.32. The van der Waals surface area contributed by atoms with E-state index >= 15 is 0 Å². The maximum atomic E-state index is 12.4. The van der Waals surface area contributed by atoms with E-state index in [1.807, 2.05) is 6.92 Å². The van der Waals surface area contributed by atoms with Crippen molar-refractivity contribution in [2.24, 2.45) is 0 Å². The Morgan fingerprint density at radius 3 is 2.78 bits per heavy atom. The fourth-order valence-corrected chi connectivity index (χ4v) is 4.78. The van der Waals surface area contributed by atoms with Gasteiger partial charge >= 0.3 is 0 Å². The number of sulfonamides is 1. The van der Waals surface area contributed by atoms with Gasteiger partial charge in [-0.1, -0.05) is 0 Å². The molecule has 0 radical (unpaired) electrons. The molecule has 2 N–H and O–H groups in total. The first-order chi connectivity index (χ1) is 11.0. The maximum absolute atomic E-state index is 12.4. The summed E-state index contributed by atoms with van der Waals surface area (Å²) in [6.45, 7) is 4.17. The third kappa shape index (κ3) is 3.50. The molecule has 1 unspecified atom stereocenters. The number of hydrogen-bond acceptors (Lipinski definition) is 4. The molecule has 2 aliphatic heterocycles. The Hall–Kier alpha value is -1.60. The van der Waals surface area contributed by atoms with Crippen molar-refractivity contribution in [3.05, 3.63) is 29.3 Å². The van der Waals surface area contributed by atoms with Crippen molar-refractivity contribution < 1.29 is 13.2 Å². The number of rotatable bonds is 3. The number of nitrogens with one attached hydrogen (secondary N) is 2. The summed E-state index contributed by atoms with van der Waals surface area (Å²) in [6.07, 6.45) is 2.70. The summed E-state index contributed by atoms with van der Waals surface area (Å²) in [5.74, 6) is 0.107. The van der Waals surface area contributed by atoms with Crippen molar-refractivity contribution in [3.63, 3.8) is 0 Å². The van der Waals surface area contributed by atoms with E-state index in [0.29, 0.717) is 24.2 Å². The zero-order chi connectivity index (χ0) is 16.4. The van der Waals surface area contributed by atoms with Crippen molar-refractivity contribution >= 4 is 21.6 Å². The highest BCUT2D eigenvalue weighted by Gasteiger charge is 2.29. The van der Waals surface area contributed by atoms with Gasteiger partial charge in [0.1, 0.15) is 0 Å². The van der Waals surface area contributed by atoms with E-state index in [9.17, 15) is 13.2 Å². The highest BCUT2D eigenvalue weighted by Crippen LogP contribution is 2.26. The number of benzene rings is 1. The number of amides is 1. The Kier molecular flexibility index (Phi) is 4.59. The highest BCUT2D eigenvalue weighted by atomic mass is 32.2. The van der Waals surface area contributed by atoms with Crippen molar-refractivity contribution in [2.75, 3.05) is 29.7 Å². The third-order valence-corrected chi connectivity index (χ3v) is 6.34. The quantitative estimate of drug-likeness (QED) is 0.863. The summed E-state index contributed by atoms with van der Waals surface area (Å²) in [7, 11) is -3.19. The van der Waals surface area contributed by atoms with Gasteiger partial charge in [0.25, 0.3) is 5.91 Å². The normalized spacial score (nSPS) is 23.7. The van der Waals surface area contributed by atoms with Crippen molar-refractivity contribution in [2.45, 2.75) is 32.2 Å². The van der Waals surface area contributed by atoms with Crippen LogP contribution in [0.25, 0.3) is 0 Å². The molecule has 7 heteroatoms. The van der Waals surface area contributed by atoms with Gasteiger partial charge in [0.05, 0.1) is 11.4 Å². The van der Waals surface area contributed by atoms with Gasteiger partial charge in [-0.3, -0.25) is 9.10 Å². The van der Waals surface area contributed by atoms with Crippen LogP contribution in [0.1, 0.15) is 35.2 Å². The molecule has 0 aromatic heterocycles. The second-order valence-electron chi connectivity index (χ2n) is 6.26. The fourth-order valence-electron chi connectivity index (χ4n) is 3.23. The third-order valence-electron chi connectivity index (χ3n) is 4.47. The van der Waals surface area contributed by atoms with E-state index in [4.69, 9.17) is 0 Å². The standard InChI is InChI=1S/C16H23N3O3S/c1-12-10-14(19-8-3-9-23(19,21)22)5-6-15(12)16(20)18-13-4-2-7-17-11-13/h5-6,10,13,17H,2-4,7-9,11H2,1H3,(H,18,20). The van der Waals surface area contributed by atoms with E-state index in [1.165, 1.54) is 4.31 Å². The van der Waals surface area contributed by atoms with E-state index in [2.05, 4.69) is 10.6 Å². The number of aryl methyl sites for hydroxylation is 1. The Balaban J connectivity index is 1.75. The second kappa shape index (κ2) is 6.49.